The monoisotopic (exact) mass is 279 g/mol. The molecule has 2 rings (SSSR count). The SMILES string of the molecule is Cc1cc(-n2nc(C)c(N)c2C)ccc1Br. The van der Waals surface area contributed by atoms with Crippen molar-refractivity contribution in [1.29, 1.82) is 0 Å². The van der Waals surface area contributed by atoms with Crippen molar-refractivity contribution in [2.75, 3.05) is 5.73 Å². The summed E-state index contributed by atoms with van der Waals surface area (Å²) in [6.07, 6.45) is 0. The second-order valence-electron chi connectivity index (χ2n) is 3.93. The lowest BCUT2D eigenvalue weighted by Crippen LogP contribution is -2.00. The van der Waals surface area contributed by atoms with Crippen molar-refractivity contribution in [2.24, 2.45) is 0 Å². The molecule has 0 spiro atoms. The van der Waals surface area contributed by atoms with E-state index in [1.807, 2.05) is 30.7 Å². The molecular formula is C12H14BrN3. The number of benzene rings is 1. The van der Waals surface area contributed by atoms with Crippen LogP contribution in [-0.4, -0.2) is 9.78 Å². The zero-order valence-electron chi connectivity index (χ0n) is 9.58. The van der Waals surface area contributed by atoms with Crippen molar-refractivity contribution in [1.82, 2.24) is 9.78 Å². The highest BCUT2D eigenvalue weighted by atomic mass is 79.9. The van der Waals surface area contributed by atoms with Gasteiger partial charge < -0.3 is 5.73 Å². The molecule has 1 aromatic heterocycles. The average Bonchev–Trinajstić information content (AvgIpc) is 2.50. The Kier molecular flexibility index (Phi) is 2.76. The van der Waals surface area contributed by atoms with Gasteiger partial charge in [0.1, 0.15) is 0 Å². The molecule has 0 radical (unpaired) electrons. The number of aryl methyl sites for hydroxylation is 2. The molecule has 0 bridgehead atoms. The molecule has 0 atom stereocenters. The van der Waals surface area contributed by atoms with Crippen molar-refractivity contribution >= 4 is 21.6 Å². The van der Waals surface area contributed by atoms with Gasteiger partial charge in [-0.3, -0.25) is 0 Å². The van der Waals surface area contributed by atoms with E-state index in [0.29, 0.717) is 0 Å². The number of hydrogen-bond acceptors (Lipinski definition) is 2. The number of halogens is 1. The van der Waals surface area contributed by atoms with E-state index in [1.165, 1.54) is 5.56 Å². The Hall–Kier alpha value is -1.29. The Morgan fingerprint density at radius 3 is 2.44 bits per heavy atom. The van der Waals surface area contributed by atoms with Gasteiger partial charge >= 0.3 is 0 Å². The minimum Gasteiger partial charge on any atom is -0.396 e. The van der Waals surface area contributed by atoms with Crippen LogP contribution >= 0.6 is 15.9 Å². The normalized spacial score (nSPS) is 10.8. The fourth-order valence-electron chi connectivity index (χ4n) is 1.67. The van der Waals surface area contributed by atoms with Crippen LogP contribution in [0, 0.1) is 20.8 Å². The molecule has 2 aromatic rings. The van der Waals surface area contributed by atoms with Gasteiger partial charge in [0.2, 0.25) is 0 Å². The van der Waals surface area contributed by atoms with E-state index in [9.17, 15) is 0 Å². The van der Waals surface area contributed by atoms with Crippen LogP contribution in [0.3, 0.4) is 0 Å². The van der Waals surface area contributed by atoms with Crippen LogP contribution in [0.1, 0.15) is 17.0 Å². The first-order chi connectivity index (χ1) is 7.50. The highest BCUT2D eigenvalue weighted by molar-refractivity contribution is 9.10. The second kappa shape index (κ2) is 3.94. The number of nitrogen functional groups attached to an aromatic ring is 1. The largest absolute Gasteiger partial charge is 0.396 e. The van der Waals surface area contributed by atoms with Crippen molar-refractivity contribution in [3.63, 3.8) is 0 Å². The zero-order valence-corrected chi connectivity index (χ0v) is 11.2. The standard InChI is InChI=1S/C12H14BrN3/c1-7-6-10(4-5-11(7)13)16-9(3)12(14)8(2)15-16/h4-6H,14H2,1-3H3. The summed E-state index contributed by atoms with van der Waals surface area (Å²) in [5, 5.41) is 4.43. The van der Waals surface area contributed by atoms with Crippen LogP contribution in [0.2, 0.25) is 0 Å². The maximum atomic E-state index is 5.92. The molecule has 0 saturated carbocycles. The number of anilines is 1. The highest BCUT2D eigenvalue weighted by Gasteiger charge is 2.09. The summed E-state index contributed by atoms with van der Waals surface area (Å²) in [5.74, 6) is 0. The molecule has 0 aliphatic heterocycles. The van der Waals surface area contributed by atoms with E-state index in [-0.39, 0.29) is 0 Å². The summed E-state index contributed by atoms with van der Waals surface area (Å²) < 4.78 is 2.98. The maximum Gasteiger partial charge on any atom is 0.0830 e. The van der Waals surface area contributed by atoms with Crippen LogP contribution in [0.15, 0.2) is 22.7 Å². The fourth-order valence-corrected chi connectivity index (χ4v) is 1.91. The molecule has 0 amide bonds. The van der Waals surface area contributed by atoms with Crippen molar-refractivity contribution in [3.05, 3.63) is 39.6 Å². The highest BCUT2D eigenvalue weighted by Crippen LogP contribution is 2.23. The summed E-state index contributed by atoms with van der Waals surface area (Å²) in [5.41, 5.74) is 10.8. The third-order valence-corrected chi connectivity index (χ3v) is 3.62. The summed E-state index contributed by atoms with van der Waals surface area (Å²) >= 11 is 3.49. The summed E-state index contributed by atoms with van der Waals surface area (Å²) in [6.45, 7) is 5.96. The molecule has 0 saturated heterocycles. The zero-order chi connectivity index (χ0) is 11.9. The van der Waals surface area contributed by atoms with Gasteiger partial charge in [-0.25, -0.2) is 4.68 Å². The van der Waals surface area contributed by atoms with E-state index in [4.69, 9.17) is 5.73 Å². The summed E-state index contributed by atoms with van der Waals surface area (Å²) in [4.78, 5) is 0. The first kappa shape index (κ1) is 11.2. The number of hydrogen-bond donors (Lipinski definition) is 1. The van der Waals surface area contributed by atoms with Gasteiger partial charge in [-0.05, 0) is 44.5 Å². The quantitative estimate of drug-likeness (QED) is 0.872. The molecule has 16 heavy (non-hydrogen) atoms. The first-order valence-corrected chi connectivity index (χ1v) is 5.88. The third kappa shape index (κ3) is 1.73. The van der Waals surface area contributed by atoms with Gasteiger partial charge in [-0.15, -0.1) is 0 Å². The number of nitrogens with zero attached hydrogens (tertiary/aromatic N) is 2. The Bertz CT molecular complexity index is 543. The molecule has 1 heterocycles. The lowest BCUT2D eigenvalue weighted by atomic mass is 10.2. The lowest BCUT2D eigenvalue weighted by molar-refractivity contribution is 0.832. The van der Waals surface area contributed by atoms with E-state index in [2.05, 4.69) is 34.0 Å². The molecule has 1 aromatic carbocycles. The average molecular weight is 280 g/mol. The Morgan fingerprint density at radius 2 is 1.94 bits per heavy atom. The summed E-state index contributed by atoms with van der Waals surface area (Å²) in [7, 11) is 0. The summed E-state index contributed by atoms with van der Waals surface area (Å²) in [6, 6.07) is 6.14. The minimum absolute atomic E-state index is 0.764. The smallest absolute Gasteiger partial charge is 0.0830 e. The molecule has 2 N–H and O–H groups in total. The van der Waals surface area contributed by atoms with Crippen LogP contribution in [0.5, 0.6) is 0 Å². The van der Waals surface area contributed by atoms with E-state index in [0.717, 1.165) is 27.2 Å². The van der Waals surface area contributed by atoms with Crippen molar-refractivity contribution in [3.8, 4) is 5.69 Å². The third-order valence-electron chi connectivity index (χ3n) is 2.73. The molecule has 0 aliphatic carbocycles. The predicted octanol–water partition coefficient (Wildman–Crippen LogP) is 3.14. The second-order valence-corrected chi connectivity index (χ2v) is 4.78. The fraction of sp³-hybridized carbons (Fsp3) is 0.250. The maximum absolute atomic E-state index is 5.92. The van der Waals surface area contributed by atoms with Crippen LogP contribution < -0.4 is 5.73 Å². The Balaban J connectivity index is 2.59. The lowest BCUT2D eigenvalue weighted by Gasteiger charge is -2.06. The number of nitrogens with two attached hydrogens (primary N) is 1. The molecule has 0 unspecified atom stereocenters. The Morgan fingerprint density at radius 1 is 1.25 bits per heavy atom. The van der Waals surface area contributed by atoms with Gasteiger partial charge in [0.25, 0.3) is 0 Å². The van der Waals surface area contributed by atoms with Crippen LogP contribution in [-0.2, 0) is 0 Å². The van der Waals surface area contributed by atoms with E-state index < -0.39 is 0 Å². The molecule has 0 aliphatic rings. The molecule has 84 valence electrons. The van der Waals surface area contributed by atoms with E-state index >= 15 is 0 Å². The molecular weight excluding hydrogens is 266 g/mol. The first-order valence-electron chi connectivity index (χ1n) is 5.09. The van der Waals surface area contributed by atoms with Crippen LogP contribution in [0.4, 0.5) is 5.69 Å². The number of rotatable bonds is 1. The number of aromatic nitrogens is 2. The van der Waals surface area contributed by atoms with Gasteiger partial charge in [-0.2, -0.15) is 5.10 Å². The van der Waals surface area contributed by atoms with Crippen molar-refractivity contribution < 1.29 is 0 Å². The molecule has 3 nitrogen and oxygen atoms in total. The van der Waals surface area contributed by atoms with Gasteiger partial charge in [-0.1, -0.05) is 15.9 Å². The predicted molar refractivity (Wildman–Crippen MR) is 69.9 cm³/mol. The van der Waals surface area contributed by atoms with Gasteiger partial charge in [0.05, 0.1) is 22.8 Å². The minimum atomic E-state index is 0.764. The van der Waals surface area contributed by atoms with Crippen molar-refractivity contribution in [2.45, 2.75) is 20.8 Å². The van der Waals surface area contributed by atoms with Crippen LogP contribution in [0.25, 0.3) is 5.69 Å². The van der Waals surface area contributed by atoms with Gasteiger partial charge in [0, 0.05) is 4.47 Å². The molecule has 4 heteroatoms. The topological polar surface area (TPSA) is 43.8 Å². The molecule has 0 fully saturated rings. The Labute approximate surface area is 103 Å². The van der Waals surface area contributed by atoms with E-state index in [1.54, 1.807) is 0 Å². The van der Waals surface area contributed by atoms with Gasteiger partial charge in [0.15, 0.2) is 0 Å².